The highest BCUT2D eigenvalue weighted by Crippen LogP contribution is 2.38. The average Bonchev–Trinajstić information content (AvgIpc) is 3.22. The summed E-state index contributed by atoms with van der Waals surface area (Å²) in [4.78, 5) is 15.2. The Morgan fingerprint density at radius 1 is 1.10 bits per heavy atom. The number of carbonyl (C=O) groups excluding carboxylic acids is 1. The van der Waals surface area contributed by atoms with Crippen LogP contribution in [-0.2, 0) is 10.0 Å². The summed E-state index contributed by atoms with van der Waals surface area (Å²) in [6, 6.07) is 11.7. The predicted octanol–water partition coefficient (Wildman–Crippen LogP) is 3.12. The molecule has 1 N–H and O–H groups in total. The zero-order valence-corrected chi connectivity index (χ0v) is 17.9. The Bertz CT molecular complexity index is 1050. The molecule has 2 aliphatic heterocycles. The third kappa shape index (κ3) is 4.15. The molecule has 0 aromatic heterocycles. The van der Waals surface area contributed by atoms with Crippen LogP contribution in [0.5, 0.6) is 11.5 Å². The molecule has 0 radical (unpaired) electrons. The van der Waals surface area contributed by atoms with Crippen molar-refractivity contribution in [1.29, 1.82) is 0 Å². The summed E-state index contributed by atoms with van der Waals surface area (Å²) in [5.41, 5.74) is 1.36. The molecule has 0 unspecified atom stereocenters. The van der Waals surface area contributed by atoms with E-state index in [1.54, 1.807) is 26.0 Å². The Morgan fingerprint density at radius 2 is 1.87 bits per heavy atom. The lowest BCUT2D eigenvalue weighted by Crippen LogP contribution is -2.32. The Kier molecular flexibility index (Phi) is 5.71. The van der Waals surface area contributed by atoms with Crippen LogP contribution in [0.3, 0.4) is 0 Å². The molecule has 2 heterocycles. The van der Waals surface area contributed by atoms with Gasteiger partial charge in [0.15, 0.2) is 11.5 Å². The fraction of sp³-hybridized carbons (Fsp3) is 0.409. The summed E-state index contributed by atoms with van der Waals surface area (Å²) in [5, 5.41) is 0. The third-order valence-electron chi connectivity index (χ3n) is 5.25. The first-order valence-electron chi connectivity index (χ1n) is 10.2. The second-order valence-electron chi connectivity index (χ2n) is 7.86. The summed E-state index contributed by atoms with van der Waals surface area (Å²) in [7, 11) is -3.67. The van der Waals surface area contributed by atoms with Crippen molar-refractivity contribution in [2.75, 3.05) is 19.8 Å². The maximum absolute atomic E-state index is 13.3. The van der Waals surface area contributed by atoms with Crippen LogP contribution in [0.1, 0.15) is 48.7 Å². The lowest BCUT2D eigenvalue weighted by Gasteiger charge is -2.27. The number of carbonyl (C=O) groups is 1. The van der Waals surface area contributed by atoms with Gasteiger partial charge >= 0.3 is 0 Å². The number of amides is 1. The Balaban J connectivity index is 1.59. The van der Waals surface area contributed by atoms with Crippen LogP contribution in [0, 0.1) is 0 Å². The van der Waals surface area contributed by atoms with Crippen molar-refractivity contribution in [2.45, 2.75) is 43.7 Å². The number of benzene rings is 2. The first-order chi connectivity index (χ1) is 14.3. The molecule has 0 bridgehead atoms. The maximum Gasteiger partial charge on any atom is 0.254 e. The standard InChI is InChI=1S/C22H26N2O5S/c1-15(2)23-30(26,27)18-6-3-5-17(13-18)22(25)24-10-4-7-19(24)16-8-9-20-21(14-16)29-12-11-28-20/h3,5-6,8-9,13-15,19,23H,4,7,10-12H2,1-2H3/t19-/m1/s1. The van der Waals surface area contributed by atoms with Crippen LogP contribution in [0.25, 0.3) is 0 Å². The quantitative estimate of drug-likeness (QED) is 0.788. The highest BCUT2D eigenvalue weighted by molar-refractivity contribution is 7.89. The van der Waals surface area contributed by atoms with Crippen molar-refractivity contribution in [3.05, 3.63) is 53.6 Å². The van der Waals surface area contributed by atoms with Gasteiger partial charge in [0.25, 0.3) is 5.91 Å². The van der Waals surface area contributed by atoms with Gasteiger partial charge in [-0.3, -0.25) is 4.79 Å². The summed E-state index contributed by atoms with van der Waals surface area (Å²) in [6.45, 7) is 5.18. The number of sulfonamides is 1. The van der Waals surface area contributed by atoms with Crippen molar-refractivity contribution >= 4 is 15.9 Å². The number of hydrogen-bond acceptors (Lipinski definition) is 5. The first kappa shape index (κ1) is 20.7. The van der Waals surface area contributed by atoms with Gasteiger partial charge in [0.05, 0.1) is 10.9 Å². The summed E-state index contributed by atoms with van der Waals surface area (Å²) >= 11 is 0. The third-order valence-corrected chi connectivity index (χ3v) is 6.90. The van der Waals surface area contributed by atoms with Crippen molar-refractivity contribution in [3.8, 4) is 11.5 Å². The Morgan fingerprint density at radius 3 is 2.63 bits per heavy atom. The van der Waals surface area contributed by atoms with E-state index in [-0.39, 0.29) is 22.9 Å². The van der Waals surface area contributed by atoms with Gasteiger partial charge in [-0.1, -0.05) is 12.1 Å². The minimum absolute atomic E-state index is 0.0811. The molecule has 2 aromatic carbocycles. The van der Waals surface area contributed by atoms with E-state index in [1.807, 2.05) is 23.1 Å². The van der Waals surface area contributed by atoms with Gasteiger partial charge in [-0.05, 0) is 62.6 Å². The van der Waals surface area contributed by atoms with Gasteiger partial charge in [0.2, 0.25) is 10.0 Å². The molecule has 1 atom stereocenters. The molecule has 30 heavy (non-hydrogen) atoms. The summed E-state index contributed by atoms with van der Waals surface area (Å²) in [6.07, 6.45) is 1.73. The molecule has 0 saturated carbocycles. The fourth-order valence-electron chi connectivity index (χ4n) is 3.96. The monoisotopic (exact) mass is 430 g/mol. The molecule has 7 nitrogen and oxygen atoms in total. The van der Waals surface area contributed by atoms with Gasteiger partial charge in [-0.15, -0.1) is 0 Å². The highest BCUT2D eigenvalue weighted by Gasteiger charge is 2.32. The predicted molar refractivity (Wildman–Crippen MR) is 112 cm³/mol. The van der Waals surface area contributed by atoms with Crippen LogP contribution in [-0.4, -0.2) is 45.0 Å². The average molecular weight is 431 g/mol. The summed E-state index contributed by atoms with van der Waals surface area (Å²) < 4.78 is 38.8. The van der Waals surface area contributed by atoms with E-state index in [2.05, 4.69) is 4.72 Å². The van der Waals surface area contributed by atoms with E-state index in [0.717, 1.165) is 24.2 Å². The van der Waals surface area contributed by atoms with E-state index < -0.39 is 10.0 Å². The number of ether oxygens (including phenoxy) is 2. The van der Waals surface area contributed by atoms with Crippen LogP contribution in [0.15, 0.2) is 47.4 Å². The second kappa shape index (κ2) is 8.28. The zero-order valence-electron chi connectivity index (χ0n) is 17.1. The normalized spacial score (nSPS) is 18.6. The van der Waals surface area contributed by atoms with Crippen molar-refractivity contribution in [3.63, 3.8) is 0 Å². The van der Waals surface area contributed by atoms with Gasteiger partial charge in [-0.2, -0.15) is 0 Å². The molecule has 160 valence electrons. The lowest BCUT2D eigenvalue weighted by atomic mass is 10.0. The second-order valence-corrected chi connectivity index (χ2v) is 9.58. The smallest absolute Gasteiger partial charge is 0.254 e. The van der Waals surface area contributed by atoms with Crippen LogP contribution < -0.4 is 14.2 Å². The van der Waals surface area contributed by atoms with Crippen LogP contribution >= 0.6 is 0 Å². The number of likely N-dealkylation sites (tertiary alicyclic amines) is 1. The van der Waals surface area contributed by atoms with Crippen molar-refractivity contribution in [1.82, 2.24) is 9.62 Å². The lowest BCUT2D eigenvalue weighted by molar-refractivity contribution is 0.0735. The molecule has 1 fully saturated rings. The molecular weight excluding hydrogens is 404 g/mol. The maximum atomic E-state index is 13.3. The topological polar surface area (TPSA) is 84.9 Å². The number of rotatable bonds is 5. The molecule has 4 rings (SSSR count). The van der Waals surface area contributed by atoms with E-state index in [9.17, 15) is 13.2 Å². The largest absolute Gasteiger partial charge is 0.486 e. The molecular formula is C22H26N2O5S. The Hall–Kier alpha value is -2.58. The SMILES string of the molecule is CC(C)NS(=O)(=O)c1cccc(C(=O)N2CCC[C@@H]2c2ccc3c(c2)OCCO3)c1. The molecule has 8 heteroatoms. The molecule has 2 aromatic rings. The molecule has 1 saturated heterocycles. The van der Waals surface area contributed by atoms with Crippen LogP contribution in [0.2, 0.25) is 0 Å². The zero-order chi connectivity index (χ0) is 21.3. The minimum Gasteiger partial charge on any atom is -0.486 e. The summed E-state index contributed by atoms with van der Waals surface area (Å²) in [5.74, 6) is 1.25. The molecule has 0 aliphatic carbocycles. The Labute approximate surface area is 177 Å². The van der Waals surface area contributed by atoms with E-state index in [1.165, 1.54) is 12.1 Å². The number of fused-ring (bicyclic) bond motifs is 1. The minimum atomic E-state index is -3.67. The first-order valence-corrected chi connectivity index (χ1v) is 11.7. The number of nitrogens with zero attached hydrogens (tertiary/aromatic N) is 1. The van der Waals surface area contributed by atoms with Crippen molar-refractivity contribution in [2.24, 2.45) is 0 Å². The van der Waals surface area contributed by atoms with Gasteiger partial charge in [-0.25, -0.2) is 13.1 Å². The number of nitrogens with one attached hydrogen (secondary N) is 1. The van der Waals surface area contributed by atoms with Gasteiger partial charge < -0.3 is 14.4 Å². The molecule has 0 spiro atoms. The van der Waals surface area contributed by atoms with Crippen LogP contribution in [0.4, 0.5) is 0 Å². The van der Waals surface area contributed by atoms with Gasteiger partial charge in [0, 0.05) is 18.2 Å². The highest BCUT2D eigenvalue weighted by atomic mass is 32.2. The van der Waals surface area contributed by atoms with E-state index in [0.29, 0.717) is 31.1 Å². The molecule has 2 aliphatic rings. The van der Waals surface area contributed by atoms with E-state index in [4.69, 9.17) is 9.47 Å². The molecule has 1 amide bonds. The van der Waals surface area contributed by atoms with E-state index >= 15 is 0 Å². The fourth-order valence-corrected chi connectivity index (χ4v) is 5.26. The van der Waals surface area contributed by atoms with Gasteiger partial charge in [0.1, 0.15) is 13.2 Å². The number of hydrogen-bond donors (Lipinski definition) is 1. The van der Waals surface area contributed by atoms with Crippen molar-refractivity contribution < 1.29 is 22.7 Å².